The zero-order chi connectivity index (χ0) is 22.4. The van der Waals surface area contributed by atoms with Crippen LogP contribution in [0.15, 0.2) is 25.3 Å². The van der Waals surface area contributed by atoms with E-state index >= 15 is 0 Å². The third-order valence-corrected chi connectivity index (χ3v) is 7.71. The van der Waals surface area contributed by atoms with E-state index in [1.165, 1.54) is 70.6 Å². The van der Waals surface area contributed by atoms with Gasteiger partial charge in [0.05, 0.1) is 7.11 Å². The molecule has 1 aromatic rings. The van der Waals surface area contributed by atoms with E-state index in [9.17, 15) is 0 Å². The number of ether oxygens (including phenoxy) is 1. The highest BCUT2D eigenvalue weighted by Crippen LogP contribution is 2.45. The molecule has 2 spiro atoms. The molecule has 0 amide bonds. The van der Waals surface area contributed by atoms with E-state index in [1.54, 1.807) is 7.11 Å². The maximum Gasteiger partial charge on any atom is 0.322 e. The molecular weight excluding hydrogens is 400 g/mol. The van der Waals surface area contributed by atoms with Gasteiger partial charge in [-0.3, -0.25) is 0 Å². The van der Waals surface area contributed by atoms with E-state index in [-0.39, 0.29) is 5.54 Å². The minimum atomic E-state index is 0.121. The number of methoxy groups -OCH3 is 1. The van der Waals surface area contributed by atoms with E-state index in [2.05, 4.69) is 33.8 Å². The van der Waals surface area contributed by atoms with E-state index in [0.29, 0.717) is 42.6 Å². The Kier molecular flexibility index (Phi) is 7.33. The topological polar surface area (TPSA) is 75.2 Å². The highest BCUT2D eigenvalue weighted by molar-refractivity contribution is 5.41. The van der Waals surface area contributed by atoms with Gasteiger partial charge in [-0.05, 0) is 44.9 Å². The number of hydrogen-bond donors (Lipinski definition) is 2. The summed E-state index contributed by atoms with van der Waals surface area (Å²) in [5.41, 5.74) is 0.455. The lowest BCUT2D eigenvalue weighted by molar-refractivity contribution is 0.0579. The van der Waals surface area contributed by atoms with Crippen molar-refractivity contribution >= 4 is 11.9 Å². The van der Waals surface area contributed by atoms with E-state index in [4.69, 9.17) is 9.72 Å². The van der Waals surface area contributed by atoms with Crippen LogP contribution in [-0.4, -0.2) is 52.3 Å². The Labute approximate surface area is 193 Å². The zero-order valence-electron chi connectivity index (χ0n) is 19.7. The average molecular weight is 441 g/mol. The van der Waals surface area contributed by atoms with Gasteiger partial charge in [-0.25, -0.2) is 0 Å². The number of anilines is 2. The van der Waals surface area contributed by atoms with Crippen LogP contribution in [0.2, 0.25) is 0 Å². The summed E-state index contributed by atoms with van der Waals surface area (Å²) in [5.74, 6) is 1.19. The number of piperidine rings is 1. The van der Waals surface area contributed by atoms with Crippen LogP contribution >= 0.6 is 0 Å². The van der Waals surface area contributed by atoms with Crippen LogP contribution in [-0.2, 0) is 0 Å². The van der Waals surface area contributed by atoms with Crippen molar-refractivity contribution in [2.45, 2.75) is 94.2 Å². The fourth-order valence-corrected chi connectivity index (χ4v) is 6.25. The van der Waals surface area contributed by atoms with Crippen LogP contribution in [0, 0.1) is 0 Å². The molecule has 2 heterocycles. The second-order valence-electron chi connectivity index (χ2n) is 9.85. The molecular formula is C25H40N6O. The first-order valence-corrected chi connectivity index (χ1v) is 12.4. The van der Waals surface area contributed by atoms with Gasteiger partial charge in [0, 0.05) is 30.2 Å². The summed E-state index contributed by atoms with van der Waals surface area (Å²) in [6.45, 7) is 9.00. The minimum absolute atomic E-state index is 0.121. The minimum Gasteiger partial charge on any atom is -0.467 e. The molecule has 1 aliphatic heterocycles. The van der Waals surface area contributed by atoms with Crippen molar-refractivity contribution in [2.24, 2.45) is 0 Å². The molecule has 1 saturated heterocycles. The zero-order valence-corrected chi connectivity index (χ0v) is 19.7. The molecule has 7 nitrogen and oxygen atoms in total. The molecule has 4 rings (SSSR count). The summed E-state index contributed by atoms with van der Waals surface area (Å²) >= 11 is 0. The van der Waals surface area contributed by atoms with Crippen LogP contribution in [0.1, 0.15) is 77.0 Å². The second-order valence-corrected chi connectivity index (χ2v) is 9.85. The molecule has 2 atom stereocenters. The standard InChI is InChI=1S/C25H40N6O/c1-4-18-31(19-5-2)22-27-21(28-23(29-22)32-3)26-20-12-7-10-16-25(20)17-11-15-24(30-25)13-8-6-9-14-24/h4-5,20,30H,1-2,6-19H2,3H3,(H,26,27,28,29). The first-order valence-electron chi connectivity index (χ1n) is 12.4. The maximum absolute atomic E-state index is 5.42. The van der Waals surface area contributed by atoms with Gasteiger partial charge in [-0.1, -0.05) is 44.3 Å². The lowest BCUT2D eigenvalue weighted by atomic mass is 9.65. The van der Waals surface area contributed by atoms with Crippen molar-refractivity contribution in [2.75, 3.05) is 30.4 Å². The molecule has 1 aromatic heterocycles. The Bertz CT molecular complexity index is 773. The summed E-state index contributed by atoms with van der Waals surface area (Å²) < 4.78 is 5.42. The molecule has 32 heavy (non-hydrogen) atoms. The van der Waals surface area contributed by atoms with Crippen LogP contribution < -0.4 is 20.3 Å². The molecule has 0 radical (unpaired) electrons. The molecule has 2 N–H and O–H groups in total. The van der Waals surface area contributed by atoms with Crippen LogP contribution in [0.4, 0.5) is 11.9 Å². The summed E-state index contributed by atoms with van der Waals surface area (Å²) in [7, 11) is 1.60. The first kappa shape index (κ1) is 23.0. The quantitative estimate of drug-likeness (QED) is 0.571. The van der Waals surface area contributed by atoms with Crippen molar-refractivity contribution in [3.8, 4) is 6.01 Å². The maximum atomic E-state index is 5.42. The number of rotatable bonds is 8. The number of aromatic nitrogens is 3. The highest BCUT2D eigenvalue weighted by atomic mass is 16.5. The summed E-state index contributed by atoms with van der Waals surface area (Å²) in [4.78, 5) is 15.9. The second kappa shape index (κ2) is 10.2. The smallest absolute Gasteiger partial charge is 0.322 e. The van der Waals surface area contributed by atoms with Crippen molar-refractivity contribution in [1.29, 1.82) is 0 Å². The van der Waals surface area contributed by atoms with Gasteiger partial charge >= 0.3 is 6.01 Å². The van der Waals surface area contributed by atoms with Crippen molar-refractivity contribution in [3.63, 3.8) is 0 Å². The van der Waals surface area contributed by atoms with Gasteiger partial charge in [0.15, 0.2) is 0 Å². The van der Waals surface area contributed by atoms with Gasteiger partial charge in [0.2, 0.25) is 11.9 Å². The predicted molar refractivity (Wildman–Crippen MR) is 130 cm³/mol. The van der Waals surface area contributed by atoms with Gasteiger partial charge < -0.3 is 20.3 Å². The Morgan fingerprint density at radius 3 is 2.38 bits per heavy atom. The monoisotopic (exact) mass is 440 g/mol. The third-order valence-electron chi connectivity index (χ3n) is 7.71. The number of hydrogen-bond acceptors (Lipinski definition) is 7. The number of nitrogens with one attached hydrogen (secondary N) is 2. The lowest BCUT2D eigenvalue weighted by Crippen LogP contribution is -2.68. The molecule has 0 bridgehead atoms. The fourth-order valence-electron chi connectivity index (χ4n) is 6.25. The highest BCUT2D eigenvalue weighted by Gasteiger charge is 2.49. The van der Waals surface area contributed by atoms with Crippen molar-refractivity contribution < 1.29 is 4.74 Å². The van der Waals surface area contributed by atoms with Gasteiger partial charge in [0.1, 0.15) is 0 Å². The van der Waals surface area contributed by atoms with Crippen molar-refractivity contribution in [1.82, 2.24) is 20.3 Å². The lowest BCUT2D eigenvalue weighted by Gasteiger charge is -2.56. The third kappa shape index (κ3) is 4.92. The molecule has 2 saturated carbocycles. The van der Waals surface area contributed by atoms with Crippen LogP contribution in [0.5, 0.6) is 6.01 Å². The van der Waals surface area contributed by atoms with E-state index in [1.807, 2.05) is 17.1 Å². The molecule has 2 unspecified atom stereocenters. The number of nitrogens with zero attached hydrogens (tertiary/aromatic N) is 4. The predicted octanol–water partition coefficient (Wildman–Crippen LogP) is 4.63. The van der Waals surface area contributed by atoms with Crippen LogP contribution in [0.3, 0.4) is 0 Å². The molecule has 3 aliphatic rings. The van der Waals surface area contributed by atoms with Crippen LogP contribution in [0.25, 0.3) is 0 Å². The normalized spacial score (nSPS) is 27.1. The summed E-state index contributed by atoms with van der Waals surface area (Å²) in [5, 5.41) is 7.99. The fraction of sp³-hybridized carbons (Fsp3) is 0.720. The molecule has 176 valence electrons. The largest absolute Gasteiger partial charge is 0.467 e. The van der Waals surface area contributed by atoms with Crippen molar-refractivity contribution in [3.05, 3.63) is 25.3 Å². The molecule has 3 fully saturated rings. The average Bonchev–Trinajstić information content (AvgIpc) is 2.81. The Balaban J connectivity index is 1.59. The summed E-state index contributed by atoms with van der Waals surface area (Å²) in [6.07, 6.45) is 19.2. The molecule has 7 heteroatoms. The Hall–Kier alpha value is -2.15. The van der Waals surface area contributed by atoms with E-state index in [0.717, 1.165) is 6.42 Å². The Morgan fingerprint density at radius 1 is 0.969 bits per heavy atom. The van der Waals surface area contributed by atoms with E-state index < -0.39 is 0 Å². The molecule has 0 aromatic carbocycles. The van der Waals surface area contributed by atoms with Gasteiger partial charge in [0.25, 0.3) is 0 Å². The Morgan fingerprint density at radius 2 is 1.66 bits per heavy atom. The molecule has 2 aliphatic carbocycles. The first-order chi connectivity index (χ1) is 15.6. The summed E-state index contributed by atoms with van der Waals surface area (Å²) in [6, 6.07) is 0.642. The van der Waals surface area contributed by atoms with Gasteiger partial charge in [-0.2, -0.15) is 15.0 Å². The van der Waals surface area contributed by atoms with Gasteiger partial charge in [-0.15, -0.1) is 13.2 Å². The SMILES string of the molecule is C=CCN(CC=C)c1nc(NC2CCCCC23CCCC2(CCCCC2)N3)nc(OC)n1.